The van der Waals surface area contributed by atoms with E-state index in [-0.39, 0.29) is 5.91 Å². The van der Waals surface area contributed by atoms with Gasteiger partial charge in [0.2, 0.25) is 5.76 Å². The van der Waals surface area contributed by atoms with Gasteiger partial charge in [0.25, 0.3) is 5.91 Å². The monoisotopic (exact) mass is 280 g/mol. The van der Waals surface area contributed by atoms with E-state index in [1.54, 1.807) is 0 Å². The fourth-order valence-corrected chi connectivity index (χ4v) is 3.59. The molecule has 112 valence electrons. The summed E-state index contributed by atoms with van der Waals surface area (Å²) in [6.45, 7) is 3.91. The van der Waals surface area contributed by atoms with Crippen molar-refractivity contribution in [1.29, 1.82) is 0 Å². The predicted octanol–water partition coefficient (Wildman–Crippen LogP) is 1.40. The predicted molar refractivity (Wildman–Crippen MR) is 75.0 cm³/mol. The van der Waals surface area contributed by atoms with Crippen LogP contribution in [0.5, 0.6) is 0 Å². The lowest BCUT2D eigenvalue weighted by Crippen LogP contribution is -2.51. The molecule has 2 unspecified atom stereocenters. The molecule has 2 saturated heterocycles. The molecule has 0 spiro atoms. The van der Waals surface area contributed by atoms with E-state index >= 15 is 0 Å². The topological polar surface area (TPSA) is 50.8 Å². The van der Waals surface area contributed by atoms with Gasteiger partial charge in [-0.25, -0.2) is 0 Å². The van der Waals surface area contributed by atoms with Gasteiger partial charge in [-0.3, -0.25) is 4.79 Å². The van der Waals surface area contributed by atoms with E-state index in [9.17, 15) is 4.79 Å². The number of nitrogens with one attached hydrogen (secondary N) is 1. The largest absolute Gasteiger partial charge is 0.494 e. The molecule has 0 aliphatic carbocycles. The van der Waals surface area contributed by atoms with E-state index in [1.807, 2.05) is 4.90 Å². The molecule has 5 heteroatoms. The van der Waals surface area contributed by atoms with Crippen LogP contribution in [0, 0.1) is 0 Å². The molecule has 0 saturated carbocycles. The minimum atomic E-state index is -0.00199. The Balaban J connectivity index is 1.71. The molecule has 5 nitrogen and oxygen atoms in total. The minimum absolute atomic E-state index is 0.00199. The molecule has 2 atom stereocenters. The van der Waals surface area contributed by atoms with Gasteiger partial charge in [0.1, 0.15) is 19.5 Å². The summed E-state index contributed by atoms with van der Waals surface area (Å²) in [4.78, 5) is 14.7. The normalized spacial score (nSPS) is 32.0. The van der Waals surface area contributed by atoms with Crippen molar-refractivity contribution in [2.45, 2.75) is 57.2 Å². The summed E-state index contributed by atoms with van der Waals surface area (Å²) in [6.07, 6.45) is 7.07. The third-order valence-electron chi connectivity index (χ3n) is 4.47. The maximum absolute atomic E-state index is 12.7. The van der Waals surface area contributed by atoms with Gasteiger partial charge < -0.3 is 19.7 Å². The number of amides is 1. The third-order valence-corrected chi connectivity index (χ3v) is 4.47. The second-order valence-electron chi connectivity index (χ2n) is 5.96. The summed E-state index contributed by atoms with van der Waals surface area (Å²) < 4.78 is 10.7. The molecule has 3 aliphatic rings. The number of hydrogen-bond acceptors (Lipinski definition) is 4. The summed E-state index contributed by atoms with van der Waals surface area (Å²) in [7, 11) is 0. The highest BCUT2D eigenvalue weighted by molar-refractivity contribution is 5.91. The van der Waals surface area contributed by atoms with Crippen molar-refractivity contribution < 1.29 is 14.3 Å². The molecule has 0 radical (unpaired) electrons. The summed E-state index contributed by atoms with van der Waals surface area (Å²) >= 11 is 0. The van der Waals surface area contributed by atoms with E-state index in [0.717, 1.165) is 25.8 Å². The molecule has 0 aromatic carbocycles. The van der Waals surface area contributed by atoms with Gasteiger partial charge in [0.05, 0.1) is 0 Å². The van der Waals surface area contributed by atoms with Gasteiger partial charge in [-0.2, -0.15) is 0 Å². The smallest absolute Gasteiger partial charge is 0.292 e. The maximum Gasteiger partial charge on any atom is 0.292 e. The van der Waals surface area contributed by atoms with Gasteiger partial charge in [-0.15, -0.1) is 0 Å². The highest BCUT2D eigenvalue weighted by Gasteiger charge is 2.38. The number of carbonyl (C=O) groups is 1. The van der Waals surface area contributed by atoms with Crippen molar-refractivity contribution in [3.8, 4) is 0 Å². The van der Waals surface area contributed by atoms with E-state index in [0.29, 0.717) is 37.1 Å². The van der Waals surface area contributed by atoms with Crippen LogP contribution in [0.4, 0.5) is 0 Å². The molecule has 2 fully saturated rings. The second kappa shape index (κ2) is 6.04. The van der Waals surface area contributed by atoms with Gasteiger partial charge in [0, 0.05) is 24.7 Å². The number of hydrogen-bond donors (Lipinski definition) is 1. The van der Waals surface area contributed by atoms with Crippen LogP contribution in [0.3, 0.4) is 0 Å². The van der Waals surface area contributed by atoms with Crippen LogP contribution in [-0.2, 0) is 14.3 Å². The molecule has 2 bridgehead atoms. The van der Waals surface area contributed by atoms with E-state index in [2.05, 4.69) is 12.2 Å². The molecular formula is C15H24N2O3. The van der Waals surface area contributed by atoms with Crippen LogP contribution in [0.1, 0.15) is 39.0 Å². The van der Waals surface area contributed by atoms with E-state index < -0.39 is 0 Å². The number of fused-ring (bicyclic) bond motifs is 2. The summed E-state index contributed by atoms with van der Waals surface area (Å²) in [5.41, 5.74) is 0. The minimum Gasteiger partial charge on any atom is -0.494 e. The zero-order chi connectivity index (χ0) is 13.9. The van der Waals surface area contributed by atoms with Gasteiger partial charge >= 0.3 is 0 Å². The Bertz CT molecular complexity index is 385. The highest BCUT2D eigenvalue weighted by Crippen LogP contribution is 2.30. The Hall–Kier alpha value is -1.23. The van der Waals surface area contributed by atoms with Crippen LogP contribution < -0.4 is 5.32 Å². The van der Waals surface area contributed by atoms with E-state index in [4.69, 9.17) is 9.47 Å². The molecule has 0 aromatic rings. The summed E-state index contributed by atoms with van der Waals surface area (Å²) in [5.74, 6) is 0.369. The van der Waals surface area contributed by atoms with Crippen molar-refractivity contribution in [3.05, 3.63) is 12.0 Å². The van der Waals surface area contributed by atoms with Crippen LogP contribution in [0.15, 0.2) is 12.0 Å². The molecule has 3 rings (SSSR count). The fourth-order valence-electron chi connectivity index (χ4n) is 3.59. The van der Waals surface area contributed by atoms with Crippen molar-refractivity contribution in [2.24, 2.45) is 0 Å². The zero-order valence-electron chi connectivity index (χ0n) is 12.1. The Kier molecular flexibility index (Phi) is 4.15. The molecule has 3 heterocycles. The van der Waals surface area contributed by atoms with Crippen molar-refractivity contribution in [1.82, 2.24) is 10.2 Å². The van der Waals surface area contributed by atoms with Crippen molar-refractivity contribution in [2.75, 3.05) is 19.8 Å². The van der Waals surface area contributed by atoms with Crippen LogP contribution in [-0.4, -0.2) is 48.7 Å². The first-order chi connectivity index (χ1) is 9.78. The third kappa shape index (κ3) is 2.77. The standard InChI is InChI=1S/C15H24N2O3/c1-2-5-17(15(18)14-10-19-6-7-20-14)13-8-11-3-4-12(9-13)16-11/h10-13,16H,2-9H2,1H3. The lowest BCUT2D eigenvalue weighted by Gasteiger charge is -2.38. The molecule has 1 amide bonds. The number of carbonyl (C=O) groups excluding carboxylic acids is 1. The fraction of sp³-hybridized carbons (Fsp3) is 0.800. The molecule has 20 heavy (non-hydrogen) atoms. The van der Waals surface area contributed by atoms with Gasteiger partial charge in [-0.05, 0) is 32.1 Å². The first-order valence-corrected chi connectivity index (χ1v) is 7.79. The molecule has 0 aromatic heterocycles. The lowest BCUT2D eigenvalue weighted by molar-refractivity contribution is -0.135. The Morgan fingerprint density at radius 3 is 2.70 bits per heavy atom. The Labute approximate surface area is 120 Å². The average molecular weight is 280 g/mol. The second-order valence-corrected chi connectivity index (χ2v) is 5.96. The van der Waals surface area contributed by atoms with Gasteiger partial charge in [-0.1, -0.05) is 6.92 Å². The first kappa shape index (κ1) is 13.7. The van der Waals surface area contributed by atoms with Crippen LogP contribution in [0.25, 0.3) is 0 Å². The molecule has 1 N–H and O–H groups in total. The number of rotatable bonds is 4. The Morgan fingerprint density at radius 2 is 2.10 bits per heavy atom. The average Bonchev–Trinajstić information content (AvgIpc) is 2.83. The van der Waals surface area contributed by atoms with Gasteiger partial charge in [0.15, 0.2) is 0 Å². The molecular weight excluding hydrogens is 256 g/mol. The number of nitrogens with zero attached hydrogens (tertiary/aromatic N) is 1. The summed E-state index contributed by atoms with van der Waals surface area (Å²) in [6, 6.07) is 1.51. The van der Waals surface area contributed by atoms with E-state index in [1.165, 1.54) is 19.1 Å². The SMILES string of the molecule is CCCN(C(=O)C1=COCCO1)C1CC2CCC(C1)N2. The number of ether oxygens (including phenoxy) is 2. The maximum atomic E-state index is 12.7. The van der Waals surface area contributed by atoms with Crippen LogP contribution >= 0.6 is 0 Å². The number of piperidine rings is 1. The Morgan fingerprint density at radius 1 is 1.35 bits per heavy atom. The van der Waals surface area contributed by atoms with Crippen molar-refractivity contribution >= 4 is 5.91 Å². The van der Waals surface area contributed by atoms with Crippen LogP contribution in [0.2, 0.25) is 0 Å². The summed E-state index contributed by atoms with van der Waals surface area (Å²) in [5, 5.41) is 3.63. The molecule has 3 aliphatic heterocycles. The lowest BCUT2D eigenvalue weighted by atomic mass is 9.97. The first-order valence-electron chi connectivity index (χ1n) is 7.79. The highest BCUT2D eigenvalue weighted by atomic mass is 16.6. The zero-order valence-corrected chi connectivity index (χ0v) is 12.1. The quantitative estimate of drug-likeness (QED) is 0.845. The van der Waals surface area contributed by atoms with Crippen molar-refractivity contribution in [3.63, 3.8) is 0 Å².